The van der Waals surface area contributed by atoms with Crippen LogP contribution in [0.15, 0.2) is 47.4 Å². The topological polar surface area (TPSA) is 75.7 Å². The molecule has 0 fully saturated rings. The fourth-order valence-corrected chi connectivity index (χ4v) is 4.33. The minimum absolute atomic E-state index is 0.00551. The molecule has 0 aliphatic heterocycles. The maximum atomic E-state index is 12.8. The molecule has 0 radical (unpaired) electrons. The zero-order valence-electron chi connectivity index (χ0n) is 14.9. The van der Waals surface area contributed by atoms with Gasteiger partial charge in [-0.3, -0.25) is 4.79 Å². The van der Waals surface area contributed by atoms with Crippen molar-refractivity contribution in [3.8, 4) is 5.75 Å². The first-order valence-electron chi connectivity index (χ1n) is 8.13. The third-order valence-electron chi connectivity index (χ3n) is 3.87. The number of sulfonamides is 1. The van der Waals surface area contributed by atoms with Crippen LogP contribution in [0.3, 0.4) is 0 Å². The van der Waals surface area contributed by atoms with Crippen LogP contribution in [0.5, 0.6) is 5.75 Å². The van der Waals surface area contributed by atoms with Crippen molar-refractivity contribution in [2.75, 3.05) is 20.2 Å². The van der Waals surface area contributed by atoms with Gasteiger partial charge in [0.25, 0.3) is 0 Å². The summed E-state index contributed by atoms with van der Waals surface area (Å²) in [6.07, 6.45) is 0. The Bertz CT molecular complexity index is 919. The third-order valence-corrected chi connectivity index (χ3v) is 6.45. The van der Waals surface area contributed by atoms with E-state index in [1.165, 1.54) is 25.3 Å². The smallest absolute Gasteiger partial charge is 0.243 e. The van der Waals surface area contributed by atoms with E-state index in [-0.39, 0.29) is 29.6 Å². The van der Waals surface area contributed by atoms with E-state index in [0.717, 1.165) is 9.87 Å². The number of likely N-dealkylation sites (N-methyl/N-ethyl adjacent to an activating group) is 1. The average molecular weight is 431 g/mol. The molecule has 2 aromatic rings. The summed E-state index contributed by atoms with van der Waals surface area (Å²) in [6, 6.07) is 11.3. The number of nitrogens with zero attached hydrogens (tertiary/aromatic N) is 1. The molecule has 0 bridgehead atoms. The van der Waals surface area contributed by atoms with E-state index >= 15 is 0 Å². The van der Waals surface area contributed by atoms with Crippen molar-refractivity contribution in [3.05, 3.63) is 58.1 Å². The number of halogens is 2. The van der Waals surface area contributed by atoms with Crippen LogP contribution >= 0.6 is 23.2 Å². The number of carbonyl (C=O) groups is 1. The summed E-state index contributed by atoms with van der Waals surface area (Å²) in [7, 11) is -2.44. The van der Waals surface area contributed by atoms with E-state index in [0.29, 0.717) is 10.8 Å². The van der Waals surface area contributed by atoms with Gasteiger partial charge in [-0.05, 0) is 29.8 Å². The fraction of sp³-hybridized carbons (Fsp3) is 0.278. The number of carbonyl (C=O) groups excluding carboxylic acids is 1. The van der Waals surface area contributed by atoms with Crippen LogP contribution in [0.4, 0.5) is 0 Å². The lowest BCUT2D eigenvalue weighted by Crippen LogP contribution is -2.40. The number of methoxy groups -OCH3 is 1. The molecule has 0 aliphatic rings. The Morgan fingerprint density at radius 1 is 1.15 bits per heavy atom. The van der Waals surface area contributed by atoms with Gasteiger partial charge in [0.05, 0.1) is 23.6 Å². The van der Waals surface area contributed by atoms with E-state index in [1.807, 2.05) is 6.07 Å². The minimum atomic E-state index is -3.88. The van der Waals surface area contributed by atoms with Crippen LogP contribution in [0.1, 0.15) is 12.5 Å². The molecule has 27 heavy (non-hydrogen) atoms. The highest BCUT2D eigenvalue weighted by Gasteiger charge is 2.26. The predicted molar refractivity (Wildman–Crippen MR) is 106 cm³/mol. The Morgan fingerprint density at radius 3 is 2.44 bits per heavy atom. The van der Waals surface area contributed by atoms with Crippen LogP contribution in [-0.4, -0.2) is 38.8 Å². The van der Waals surface area contributed by atoms with Crippen molar-refractivity contribution in [3.63, 3.8) is 0 Å². The number of benzene rings is 2. The summed E-state index contributed by atoms with van der Waals surface area (Å²) in [6.45, 7) is 1.69. The summed E-state index contributed by atoms with van der Waals surface area (Å²) in [5.41, 5.74) is 0.750. The van der Waals surface area contributed by atoms with Gasteiger partial charge in [-0.1, -0.05) is 48.3 Å². The van der Waals surface area contributed by atoms with Crippen molar-refractivity contribution >= 4 is 39.1 Å². The number of ether oxygens (including phenoxy) is 1. The second kappa shape index (κ2) is 9.41. The van der Waals surface area contributed by atoms with Crippen molar-refractivity contribution in [2.45, 2.75) is 18.4 Å². The van der Waals surface area contributed by atoms with Crippen LogP contribution in [0, 0.1) is 0 Å². The predicted octanol–water partition coefficient (Wildman–Crippen LogP) is 3.33. The minimum Gasteiger partial charge on any atom is -0.495 e. The SMILES string of the molecule is CCN(CC(=O)NCc1ccccc1Cl)S(=O)(=O)c1ccc(OC)c(Cl)c1. The maximum absolute atomic E-state index is 12.8. The van der Waals surface area contributed by atoms with E-state index in [9.17, 15) is 13.2 Å². The Kier molecular flexibility index (Phi) is 7.49. The number of hydrogen-bond donors (Lipinski definition) is 1. The highest BCUT2D eigenvalue weighted by atomic mass is 35.5. The van der Waals surface area contributed by atoms with Gasteiger partial charge in [0, 0.05) is 18.1 Å². The summed E-state index contributed by atoms with van der Waals surface area (Å²) < 4.78 is 31.7. The van der Waals surface area contributed by atoms with Crippen LogP contribution in [0.25, 0.3) is 0 Å². The number of hydrogen-bond acceptors (Lipinski definition) is 4. The Balaban J connectivity index is 2.09. The Morgan fingerprint density at radius 2 is 1.85 bits per heavy atom. The molecule has 0 unspecified atom stereocenters. The lowest BCUT2D eigenvalue weighted by atomic mass is 10.2. The summed E-state index contributed by atoms with van der Waals surface area (Å²) in [4.78, 5) is 12.2. The fourth-order valence-electron chi connectivity index (χ4n) is 2.38. The second-order valence-corrected chi connectivity index (χ2v) is 8.35. The Labute approximate surface area is 169 Å². The monoisotopic (exact) mass is 430 g/mol. The standard InChI is InChI=1S/C18H20Cl2N2O4S/c1-3-22(12-18(23)21-11-13-6-4-5-7-15(13)19)27(24,25)14-8-9-17(26-2)16(20)10-14/h4-10H,3,11-12H2,1-2H3,(H,21,23). The van der Waals surface area contributed by atoms with Crippen molar-refractivity contribution < 1.29 is 17.9 Å². The molecule has 1 N–H and O–H groups in total. The number of amides is 1. The first kappa shape index (κ1) is 21.5. The van der Waals surface area contributed by atoms with E-state index in [1.54, 1.807) is 25.1 Å². The molecule has 0 spiro atoms. The van der Waals surface area contributed by atoms with Crippen molar-refractivity contribution in [2.24, 2.45) is 0 Å². The van der Waals surface area contributed by atoms with Gasteiger partial charge in [0.1, 0.15) is 5.75 Å². The summed E-state index contributed by atoms with van der Waals surface area (Å²) >= 11 is 12.1. The summed E-state index contributed by atoms with van der Waals surface area (Å²) in [5, 5.41) is 3.39. The Hall–Kier alpha value is -1.80. The average Bonchev–Trinajstić information content (AvgIpc) is 2.65. The largest absolute Gasteiger partial charge is 0.495 e. The lowest BCUT2D eigenvalue weighted by molar-refractivity contribution is -0.121. The molecule has 0 aromatic heterocycles. The van der Waals surface area contributed by atoms with Gasteiger partial charge in [-0.2, -0.15) is 4.31 Å². The molecule has 2 rings (SSSR count). The molecule has 6 nitrogen and oxygen atoms in total. The van der Waals surface area contributed by atoms with E-state index < -0.39 is 15.9 Å². The first-order valence-corrected chi connectivity index (χ1v) is 10.3. The molecule has 2 aromatic carbocycles. The van der Waals surface area contributed by atoms with Gasteiger partial charge >= 0.3 is 0 Å². The zero-order chi connectivity index (χ0) is 20.0. The molecule has 0 heterocycles. The quantitative estimate of drug-likeness (QED) is 0.696. The molecule has 0 saturated heterocycles. The number of nitrogens with one attached hydrogen (secondary N) is 1. The highest BCUT2D eigenvalue weighted by Crippen LogP contribution is 2.28. The molecular formula is C18H20Cl2N2O4S. The normalized spacial score (nSPS) is 11.4. The van der Waals surface area contributed by atoms with Crippen LogP contribution in [-0.2, 0) is 21.4 Å². The van der Waals surface area contributed by atoms with Crippen molar-refractivity contribution in [1.82, 2.24) is 9.62 Å². The van der Waals surface area contributed by atoms with Gasteiger partial charge in [-0.25, -0.2) is 8.42 Å². The van der Waals surface area contributed by atoms with Gasteiger partial charge in [-0.15, -0.1) is 0 Å². The van der Waals surface area contributed by atoms with Crippen LogP contribution in [0.2, 0.25) is 10.0 Å². The number of rotatable bonds is 8. The van der Waals surface area contributed by atoms with Crippen LogP contribution < -0.4 is 10.1 Å². The second-order valence-electron chi connectivity index (χ2n) is 5.60. The summed E-state index contributed by atoms with van der Waals surface area (Å²) in [5.74, 6) is -0.0592. The highest BCUT2D eigenvalue weighted by molar-refractivity contribution is 7.89. The maximum Gasteiger partial charge on any atom is 0.243 e. The molecule has 1 amide bonds. The molecule has 0 saturated carbocycles. The van der Waals surface area contributed by atoms with E-state index in [2.05, 4.69) is 5.32 Å². The molecule has 146 valence electrons. The zero-order valence-corrected chi connectivity index (χ0v) is 17.2. The van der Waals surface area contributed by atoms with Gasteiger partial charge in [0.2, 0.25) is 15.9 Å². The van der Waals surface area contributed by atoms with Gasteiger partial charge < -0.3 is 10.1 Å². The molecule has 0 aliphatic carbocycles. The van der Waals surface area contributed by atoms with Gasteiger partial charge in [0.15, 0.2) is 0 Å². The molecule has 0 atom stereocenters. The lowest BCUT2D eigenvalue weighted by Gasteiger charge is -2.20. The molecular weight excluding hydrogens is 411 g/mol. The van der Waals surface area contributed by atoms with Crippen molar-refractivity contribution in [1.29, 1.82) is 0 Å². The molecule has 9 heteroatoms. The first-order chi connectivity index (χ1) is 12.8. The third kappa shape index (κ3) is 5.35. The van der Waals surface area contributed by atoms with E-state index in [4.69, 9.17) is 27.9 Å².